The summed E-state index contributed by atoms with van der Waals surface area (Å²) >= 11 is 0. The molecule has 0 saturated carbocycles. The van der Waals surface area contributed by atoms with E-state index < -0.39 is 0 Å². The van der Waals surface area contributed by atoms with Crippen LogP contribution >= 0.6 is 0 Å². The smallest absolute Gasteiger partial charge is 0.279 e. The summed E-state index contributed by atoms with van der Waals surface area (Å²) in [7, 11) is 2.02. The molecule has 0 saturated heterocycles. The summed E-state index contributed by atoms with van der Waals surface area (Å²) in [5, 5.41) is 0. The second-order valence-electron chi connectivity index (χ2n) is 6.01. The van der Waals surface area contributed by atoms with Crippen molar-refractivity contribution in [3.05, 3.63) is 34.5 Å². The minimum Gasteiger partial charge on any atom is -0.307 e. The highest BCUT2D eigenvalue weighted by Gasteiger charge is 2.13. The zero-order valence-corrected chi connectivity index (χ0v) is 14.0. The van der Waals surface area contributed by atoms with E-state index >= 15 is 0 Å². The number of aromatic nitrogens is 4. The van der Waals surface area contributed by atoms with Gasteiger partial charge in [-0.25, -0.2) is 9.97 Å². The van der Waals surface area contributed by atoms with Crippen molar-refractivity contribution in [2.45, 2.75) is 33.2 Å². The zero-order chi connectivity index (χ0) is 16.4. The van der Waals surface area contributed by atoms with Gasteiger partial charge in [0.1, 0.15) is 19.3 Å². The number of imidazole rings is 1. The number of pyridine rings is 1. The van der Waals surface area contributed by atoms with Gasteiger partial charge in [0.25, 0.3) is 5.56 Å². The first-order chi connectivity index (χ1) is 11.1. The fourth-order valence-corrected chi connectivity index (χ4v) is 2.93. The highest BCUT2D eigenvalue weighted by molar-refractivity contribution is 6.32. The summed E-state index contributed by atoms with van der Waals surface area (Å²) in [6, 6.07) is 3.90. The average Bonchev–Trinajstić information content (AvgIpc) is 2.87. The van der Waals surface area contributed by atoms with Gasteiger partial charge in [-0.1, -0.05) is 25.4 Å². The number of hydrogen-bond donors (Lipinski definition) is 1. The first-order valence-corrected chi connectivity index (χ1v) is 8.22. The molecule has 120 valence electrons. The third-order valence-corrected chi connectivity index (χ3v) is 3.91. The van der Waals surface area contributed by atoms with Crippen LogP contribution < -0.4 is 11.0 Å². The van der Waals surface area contributed by atoms with E-state index in [0.717, 1.165) is 37.0 Å². The van der Waals surface area contributed by atoms with Crippen LogP contribution in [0.3, 0.4) is 0 Å². The molecule has 0 aliphatic heterocycles. The standard InChI is InChI=1S/C16H22BN5O/c1-3-7-21(8-4-2)10-12-18-15-14(16(23)19-12)20-13-6-5-11(17)9-22(13)15/h5-6,9H,3-4,7-8,10,17H2,1-2H3,(H,18,19,23). The van der Waals surface area contributed by atoms with E-state index in [-0.39, 0.29) is 5.56 Å². The summed E-state index contributed by atoms with van der Waals surface area (Å²) < 4.78 is 1.90. The van der Waals surface area contributed by atoms with Crippen molar-refractivity contribution in [3.63, 3.8) is 0 Å². The number of fused-ring (bicyclic) bond motifs is 3. The van der Waals surface area contributed by atoms with Crippen molar-refractivity contribution in [1.29, 1.82) is 0 Å². The molecule has 7 heteroatoms. The Morgan fingerprint density at radius 2 is 1.96 bits per heavy atom. The Hall–Kier alpha value is -2.15. The van der Waals surface area contributed by atoms with E-state index in [4.69, 9.17) is 0 Å². The lowest BCUT2D eigenvalue weighted by molar-refractivity contribution is 0.260. The largest absolute Gasteiger partial charge is 0.307 e. The molecule has 3 heterocycles. The maximum absolute atomic E-state index is 12.4. The molecule has 3 aromatic heterocycles. The SMILES string of the molecule is Bc1ccc2nc3c(=O)[nH]c(CN(CCC)CCC)nc3n2c1. The minimum atomic E-state index is -0.167. The minimum absolute atomic E-state index is 0.167. The van der Waals surface area contributed by atoms with E-state index in [1.165, 1.54) is 0 Å². The van der Waals surface area contributed by atoms with Gasteiger partial charge in [0, 0.05) is 6.20 Å². The number of aromatic amines is 1. The van der Waals surface area contributed by atoms with Crippen molar-refractivity contribution in [2.75, 3.05) is 13.1 Å². The molecule has 0 radical (unpaired) electrons. The van der Waals surface area contributed by atoms with Gasteiger partial charge in [0.15, 0.2) is 11.2 Å². The third-order valence-electron chi connectivity index (χ3n) is 3.91. The van der Waals surface area contributed by atoms with Crippen LogP contribution in [0.15, 0.2) is 23.1 Å². The highest BCUT2D eigenvalue weighted by atomic mass is 16.1. The van der Waals surface area contributed by atoms with Gasteiger partial charge in [-0.2, -0.15) is 0 Å². The Labute approximate surface area is 136 Å². The van der Waals surface area contributed by atoms with Crippen molar-refractivity contribution in [3.8, 4) is 0 Å². The molecular weight excluding hydrogens is 289 g/mol. The van der Waals surface area contributed by atoms with E-state index in [1.54, 1.807) is 0 Å². The Bertz CT molecular complexity index is 879. The quantitative estimate of drug-likeness (QED) is 0.671. The lowest BCUT2D eigenvalue weighted by atomic mass is 9.99. The summed E-state index contributed by atoms with van der Waals surface area (Å²) in [4.78, 5) is 26.6. The Balaban J connectivity index is 2.07. The molecular formula is C16H22BN5O. The van der Waals surface area contributed by atoms with Crippen LogP contribution in [0.1, 0.15) is 32.5 Å². The molecule has 0 aliphatic rings. The van der Waals surface area contributed by atoms with E-state index in [1.807, 2.05) is 30.6 Å². The summed E-state index contributed by atoms with van der Waals surface area (Å²) in [6.45, 7) is 6.99. The van der Waals surface area contributed by atoms with Crippen LogP contribution in [0.4, 0.5) is 0 Å². The topological polar surface area (TPSA) is 66.3 Å². The molecule has 1 N–H and O–H groups in total. The molecule has 0 atom stereocenters. The predicted octanol–water partition coefficient (Wildman–Crippen LogP) is 0.451. The molecule has 0 unspecified atom stereocenters. The van der Waals surface area contributed by atoms with Crippen molar-refractivity contribution >= 4 is 30.1 Å². The number of H-pyrrole nitrogens is 1. The monoisotopic (exact) mass is 311 g/mol. The molecule has 3 rings (SSSR count). The van der Waals surface area contributed by atoms with Gasteiger partial charge < -0.3 is 4.98 Å². The molecule has 0 amide bonds. The molecule has 0 spiro atoms. The van der Waals surface area contributed by atoms with Gasteiger partial charge in [-0.15, -0.1) is 0 Å². The molecule has 0 bridgehead atoms. The van der Waals surface area contributed by atoms with Crippen molar-refractivity contribution in [1.82, 2.24) is 24.3 Å². The molecule has 0 aliphatic carbocycles. The van der Waals surface area contributed by atoms with Crippen molar-refractivity contribution in [2.24, 2.45) is 0 Å². The molecule has 0 aromatic carbocycles. The van der Waals surface area contributed by atoms with Gasteiger partial charge >= 0.3 is 0 Å². The Morgan fingerprint density at radius 1 is 1.22 bits per heavy atom. The van der Waals surface area contributed by atoms with Crippen LogP contribution in [0.25, 0.3) is 16.8 Å². The predicted molar refractivity (Wildman–Crippen MR) is 95.2 cm³/mol. The van der Waals surface area contributed by atoms with E-state index in [0.29, 0.717) is 23.5 Å². The molecule has 0 fully saturated rings. The highest BCUT2D eigenvalue weighted by Crippen LogP contribution is 2.11. The number of nitrogens with one attached hydrogen (secondary N) is 1. The fourth-order valence-electron chi connectivity index (χ4n) is 2.93. The molecule has 6 nitrogen and oxygen atoms in total. The average molecular weight is 311 g/mol. The molecule has 3 aromatic rings. The van der Waals surface area contributed by atoms with E-state index in [2.05, 4.69) is 33.7 Å². The fraction of sp³-hybridized carbons (Fsp3) is 0.438. The van der Waals surface area contributed by atoms with Gasteiger partial charge in [0.2, 0.25) is 0 Å². The van der Waals surface area contributed by atoms with E-state index in [9.17, 15) is 4.79 Å². The Kier molecular flexibility index (Phi) is 4.47. The first-order valence-electron chi connectivity index (χ1n) is 8.22. The van der Waals surface area contributed by atoms with Crippen LogP contribution in [-0.4, -0.2) is 45.2 Å². The van der Waals surface area contributed by atoms with Crippen molar-refractivity contribution < 1.29 is 0 Å². The van der Waals surface area contributed by atoms with Gasteiger partial charge in [-0.05, 0) is 32.0 Å². The van der Waals surface area contributed by atoms with Crippen LogP contribution in [-0.2, 0) is 6.54 Å². The Morgan fingerprint density at radius 3 is 2.65 bits per heavy atom. The first kappa shape index (κ1) is 15.7. The van der Waals surface area contributed by atoms with Gasteiger partial charge in [0.05, 0.1) is 6.54 Å². The zero-order valence-electron chi connectivity index (χ0n) is 14.0. The normalized spacial score (nSPS) is 11.8. The van der Waals surface area contributed by atoms with Crippen LogP contribution in [0.5, 0.6) is 0 Å². The lowest BCUT2D eigenvalue weighted by Gasteiger charge is -2.19. The number of nitrogens with zero attached hydrogens (tertiary/aromatic N) is 4. The molecule has 23 heavy (non-hydrogen) atoms. The number of rotatable bonds is 6. The lowest BCUT2D eigenvalue weighted by Crippen LogP contribution is -2.27. The second-order valence-corrected chi connectivity index (χ2v) is 6.01. The summed E-state index contributed by atoms with van der Waals surface area (Å²) in [5.41, 5.74) is 2.73. The van der Waals surface area contributed by atoms with Crippen LogP contribution in [0.2, 0.25) is 0 Å². The third kappa shape index (κ3) is 3.15. The number of hydrogen-bond acceptors (Lipinski definition) is 4. The maximum Gasteiger partial charge on any atom is 0.279 e. The van der Waals surface area contributed by atoms with Crippen LogP contribution in [0, 0.1) is 0 Å². The maximum atomic E-state index is 12.4. The second kappa shape index (κ2) is 6.54. The summed E-state index contributed by atoms with van der Waals surface area (Å²) in [6.07, 6.45) is 4.14. The van der Waals surface area contributed by atoms with Gasteiger partial charge in [-0.3, -0.25) is 14.1 Å². The summed E-state index contributed by atoms with van der Waals surface area (Å²) in [5.74, 6) is 0.702.